The fourth-order valence-electron chi connectivity index (χ4n) is 2.86. The van der Waals surface area contributed by atoms with Crippen LogP contribution in [-0.4, -0.2) is 32.4 Å². The van der Waals surface area contributed by atoms with Gasteiger partial charge in [0.1, 0.15) is 11.4 Å². The van der Waals surface area contributed by atoms with Crippen molar-refractivity contribution in [2.24, 2.45) is 5.92 Å². The minimum absolute atomic E-state index is 0.0112. The summed E-state index contributed by atoms with van der Waals surface area (Å²) in [6, 6.07) is 15.7. The molecule has 4 aromatic rings. The molecule has 0 bridgehead atoms. The number of thiazole rings is 1. The lowest BCUT2D eigenvalue weighted by molar-refractivity contribution is 0.0691. The number of rotatable bonds is 6. The predicted molar refractivity (Wildman–Crippen MR) is 109 cm³/mol. The van der Waals surface area contributed by atoms with Gasteiger partial charge in [-0.05, 0) is 18.1 Å². The van der Waals surface area contributed by atoms with Crippen molar-refractivity contribution < 1.29 is 14.6 Å². The monoisotopic (exact) mass is 393 g/mol. The van der Waals surface area contributed by atoms with E-state index in [9.17, 15) is 9.90 Å². The van der Waals surface area contributed by atoms with Gasteiger partial charge in [-0.25, -0.2) is 14.5 Å². The standard InChI is InChI=1S/C21H19N3O3S/c1-13(2)11-27-15-8-9-16-18(10-15)24(21-22-17(12-28-21)20(25)26)23-19(16)14-6-4-3-5-7-14/h3-10,12-13H,11H2,1-2H3,(H,25,26). The second-order valence-electron chi connectivity index (χ2n) is 6.83. The number of hydrogen-bond acceptors (Lipinski definition) is 5. The Morgan fingerprint density at radius 3 is 2.68 bits per heavy atom. The Morgan fingerprint density at radius 1 is 1.21 bits per heavy atom. The summed E-state index contributed by atoms with van der Waals surface area (Å²) in [4.78, 5) is 15.5. The van der Waals surface area contributed by atoms with Crippen LogP contribution in [0, 0.1) is 5.92 Å². The van der Waals surface area contributed by atoms with E-state index in [-0.39, 0.29) is 5.69 Å². The molecule has 0 saturated heterocycles. The first-order valence-corrected chi connectivity index (χ1v) is 9.81. The van der Waals surface area contributed by atoms with Gasteiger partial charge in [0.25, 0.3) is 0 Å². The average molecular weight is 393 g/mol. The Labute approximate surface area is 166 Å². The van der Waals surface area contributed by atoms with Gasteiger partial charge in [-0.15, -0.1) is 11.3 Å². The van der Waals surface area contributed by atoms with E-state index in [0.717, 1.165) is 27.9 Å². The summed E-state index contributed by atoms with van der Waals surface area (Å²) in [6.07, 6.45) is 0. The van der Waals surface area contributed by atoms with Gasteiger partial charge in [0.05, 0.1) is 12.1 Å². The number of fused-ring (bicyclic) bond motifs is 1. The summed E-state index contributed by atoms with van der Waals surface area (Å²) in [5, 5.41) is 16.9. The van der Waals surface area contributed by atoms with Crippen LogP contribution in [0.1, 0.15) is 24.3 Å². The molecule has 0 aliphatic carbocycles. The van der Waals surface area contributed by atoms with Crippen molar-refractivity contribution in [3.8, 4) is 22.1 Å². The average Bonchev–Trinajstić information content (AvgIpc) is 3.31. The van der Waals surface area contributed by atoms with Crippen LogP contribution < -0.4 is 4.74 Å². The number of carboxylic acids is 1. The van der Waals surface area contributed by atoms with Gasteiger partial charge in [-0.3, -0.25) is 0 Å². The van der Waals surface area contributed by atoms with Crippen LogP contribution in [0.2, 0.25) is 0 Å². The maximum atomic E-state index is 11.2. The van der Waals surface area contributed by atoms with Gasteiger partial charge in [0, 0.05) is 22.4 Å². The van der Waals surface area contributed by atoms with Crippen LogP contribution in [0.3, 0.4) is 0 Å². The van der Waals surface area contributed by atoms with Crippen LogP contribution in [-0.2, 0) is 0 Å². The Hall–Kier alpha value is -3.19. The number of aromatic carboxylic acids is 1. The lowest BCUT2D eigenvalue weighted by atomic mass is 10.1. The molecule has 4 rings (SSSR count). The first-order chi connectivity index (χ1) is 13.5. The topological polar surface area (TPSA) is 77.2 Å². The van der Waals surface area contributed by atoms with Crippen LogP contribution in [0.5, 0.6) is 5.75 Å². The summed E-state index contributed by atoms with van der Waals surface area (Å²) in [7, 11) is 0. The van der Waals surface area contributed by atoms with Crippen molar-refractivity contribution in [2.45, 2.75) is 13.8 Å². The molecular weight excluding hydrogens is 374 g/mol. The maximum Gasteiger partial charge on any atom is 0.355 e. The van der Waals surface area contributed by atoms with E-state index in [1.165, 1.54) is 16.7 Å². The SMILES string of the molecule is CC(C)COc1ccc2c(-c3ccccc3)nn(-c3nc(C(=O)O)cs3)c2c1. The summed E-state index contributed by atoms with van der Waals surface area (Å²) in [6.45, 7) is 4.81. The van der Waals surface area contributed by atoms with Gasteiger partial charge >= 0.3 is 5.97 Å². The molecule has 0 unspecified atom stereocenters. The maximum absolute atomic E-state index is 11.2. The molecule has 0 spiro atoms. The summed E-state index contributed by atoms with van der Waals surface area (Å²) >= 11 is 1.25. The smallest absolute Gasteiger partial charge is 0.355 e. The molecule has 6 nitrogen and oxygen atoms in total. The van der Waals surface area contributed by atoms with E-state index in [4.69, 9.17) is 9.84 Å². The second kappa shape index (κ2) is 7.44. The molecule has 7 heteroatoms. The Bertz CT molecular complexity index is 1130. The first kappa shape index (κ1) is 18.2. The van der Waals surface area contributed by atoms with Gasteiger partial charge in [-0.2, -0.15) is 5.10 Å². The predicted octanol–water partition coefficient (Wildman–Crippen LogP) is 4.88. The molecule has 0 fully saturated rings. The van der Waals surface area contributed by atoms with E-state index in [1.807, 2.05) is 48.5 Å². The normalized spacial score (nSPS) is 11.2. The fourth-order valence-corrected chi connectivity index (χ4v) is 3.62. The molecule has 0 aliphatic rings. The van der Waals surface area contributed by atoms with Gasteiger partial charge in [0.2, 0.25) is 5.13 Å². The highest BCUT2D eigenvalue weighted by Crippen LogP contribution is 2.33. The lowest BCUT2D eigenvalue weighted by Crippen LogP contribution is -2.04. The van der Waals surface area contributed by atoms with Crippen molar-refractivity contribution in [3.05, 3.63) is 59.6 Å². The van der Waals surface area contributed by atoms with Crippen molar-refractivity contribution in [3.63, 3.8) is 0 Å². The molecular formula is C21H19N3O3S. The molecule has 1 N–H and O–H groups in total. The third kappa shape index (κ3) is 3.48. The minimum atomic E-state index is -1.05. The quantitative estimate of drug-likeness (QED) is 0.505. The number of hydrogen-bond donors (Lipinski definition) is 1. The zero-order valence-corrected chi connectivity index (χ0v) is 16.3. The van der Waals surface area contributed by atoms with Crippen LogP contribution in [0.25, 0.3) is 27.3 Å². The zero-order chi connectivity index (χ0) is 19.7. The van der Waals surface area contributed by atoms with E-state index in [0.29, 0.717) is 17.7 Å². The Kier molecular flexibility index (Phi) is 4.83. The number of aromatic nitrogens is 3. The van der Waals surface area contributed by atoms with Crippen molar-refractivity contribution in [1.29, 1.82) is 0 Å². The number of carboxylic acid groups (broad SMARTS) is 1. The zero-order valence-electron chi connectivity index (χ0n) is 15.5. The molecule has 28 heavy (non-hydrogen) atoms. The van der Waals surface area contributed by atoms with Gasteiger partial charge in [-0.1, -0.05) is 44.2 Å². The van der Waals surface area contributed by atoms with Crippen molar-refractivity contribution in [1.82, 2.24) is 14.8 Å². The van der Waals surface area contributed by atoms with Crippen LogP contribution in [0.15, 0.2) is 53.9 Å². The first-order valence-electron chi connectivity index (χ1n) is 8.93. The number of ether oxygens (including phenoxy) is 1. The van der Waals surface area contributed by atoms with E-state index in [2.05, 4.69) is 18.8 Å². The van der Waals surface area contributed by atoms with Crippen LogP contribution >= 0.6 is 11.3 Å². The fraction of sp³-hybridized carbons (Fsp3) is 0.190. The molecule has 2 aromatic heterocycles. The van der Waals surface area contributed by atoms with Gasteiger partial charge in [0.15, 0.2) is 5.69 Å². The molecule has 0 saturated carbocycles. The summed E-state index contributed by atoms with van der Waals surface area (Å²) in [5.74, 6) is 0.109. The number of benzene rings is 2. The van der Waals surface area contributed by atoms with Crippen molar-refractivity contribution >= 4 is 28.2 Å². The highest BCUT2D eigenvalue weighted by molar-refractivity contribution is 7.12. The minimum Gasteiger partial charge on any atom is -0.493 e. The van der Waals surface area contributed by atoms with E-state index < -0.39 is 5.97 Å². The summed E-state index contributed by atoms with van der Waals surface area (Å²) < 4.78 is 7.56. The number of nitrogens with zero attached hydrogens (tertiary/aromatic N) is 3. The van der Waals surface area contributed by atoms with E-state index >= 15 is 0 Å². The van der Waals surface area contributed by atoms with E-state index in [1.54, 1.807) is 4.68 Å². The number of carbonyl (C=O) groups is 1. The summed E-state index contributed by atoms with van der Waals surface area (Å²) in [5.41, 5.74) is 2.64. The Balaban J connectivity index is 1.88. The molecule has 2 aromatic carbocycles. The third-order valence-electron chi connectivity index (χ3n) is 4.18. The highest BCUT2D eigenvalue weighted by atomic mass is 32.1. The molecule has 0 aliphatic heterocycles. The third-order valence-corrected chi connectivity index (χ3v) is 4.99. The van der Waals surface area contributed by atoms with Crippen molar-refractivity contribution in [2.75, 3.05) is 6.61 Å². The van der Waals surface area contributed by atoms with Gasteiger partial charge < -0.3 is 9.84 Å². The molecule has 0 amide bonds. The second-order valence-corrected chi connectivity index (χ2v) is 7.67. The highest BCUT2D eigenvalue weighted by Gasteiger charge is 2.18. The Morgan fingerprint density at radius 2 is 2.00 bits per heavy atom. The lowest BCUT2D eigenvalue weighted by Gasteiger charge is -2.09. The molecule has 0 atom stereocenters. The molecule has 0 radical (unpaired) electrons. The molecule has 2 heterocycles. The largest absolute Gasteiger partial charge is 0.493 e. The molecule has 142 valence electrons. The van der Waals surface area contributed by atoms with Crippen LogP contribution in [0.4, 0.5) is 0 Å².